The maximum Gasteiger partial charge on any atom is 0.165 e. The highest BCUT2D eigenvalue weighted by atomic mass is 19.1. The van der Waals surface area contributed by atoms with Crippen LogP contribution in [0.3, 0.4) is 0 Å². The summed E-state index contributed by atoms with van der Waals surface area (Å²) in [7, 11) is 1.45. The summed E-state index contributed by atoms with van der Waals surface area (Å²) >= 11 is 0. The number of halogens is 1. The molecule has 0 heterocycles. The lowest BCUT2D eigenvalue weighted by atomic mass is 10.0. The van der Waals surface area contributed by atoms with Gasteiger partial charge in [0.25, 0.3) is 0 Å². The second-order valence-electron chi connectivity index (χ2n) is 4.82. The molecule has 2 atom stereocenters. The number of rotatable bonds is 6. The van der Waals surface area contributed by atoms with Crippen LogP contribution in [0.5, 0.6) is 5.75 Å². The van der Waals surface area contributed by atoms with E-state index in [9.17, 15) is 9.50 Å². The summed E-state index contributed by atoms with van der Waals surface area (Å²) in [5.41, 5.74) is 0.937. The molecule has 0 saturated carbocycles. The van der Waals surface area contributed by atoms with Crippen molar-refractivity contribution >= 4 is 0 Å². The van der Waals surface area contributed by atoms with Gasteiger partial charge >= 0.3 is 0 Å². The molecule has 0 fully saturated rings. The van der Waals surface area contributed by atoms with Crippen LogP contribution in [0, 0.1) is 11.7 Å². The molecule has 4 heteroatoms. The van der Waals surface area contributed by atoms with E-state index in [0.29, 0.717) is 5.92 Å². The van der Waals surface area contributed by atoms with Crippen molar-refractivity contribution < 1.29 is 14.2 Å². The van der Waals surface area contributed by atoms with E-state index in [1.807, 2.05) is 20.8 Å². The van der Waals surface area contributed by atoms with Gasteiger partial charge in [-0.2, -0.15) is 0 Å². The first kappa shape index (κ1) is 14.9. The fourth-order valence-electron chi connectivity index (χ4n) is 1.82. The number of ether oxygens (including phenoxy) is 1. The Bertz CT molecular complexity index is 382. The minimum Gasteiger partial charge on any atom is -0.494 e. The highest BCUT2D eigenvalue weighted by molar-refractivity contribution is 5.32. The number of hydrogen-bond donors (Lipinski definition) is 2. The molecule has 0 aliphatic carbocycles. The molecule has 0 spiro atoms. The van der Waals surface area contributed by atoms with E-state index in [-0.39, 0.29) is 30.3 Å². The molecular weight excluding hydrogens is 233 g/mol. The molecule has 0 aliphatic rings. The molecule has 3 nitrogen and oxygen atoms in total. The summed E-state index contributed by atoms with van der Waals surface area (Å²) < 4.78 is 18.3. The topological polar surface area (TPSA) is 41.5 Å². The van der Waals surface area contributed by atoms with E-state index >= 15 is 0 Å². The molecule has 1 aromatic rings. The lowest BCUT2D eigenvalue weighted by molar-refractivity contribution is 0.201. The van der Waals surface area contributed by atoms with E-state index in [2.05, 4.69) is 5.32 Å². The summed E-state index contributed by atoms with van der Waals surface area (Å²) in [6, 6.07) is 4.86. The highest BCUT2D eigenvalue weighted by Crippen LogP contribution is 2.23. The molecule has 18 heavy (non-hydrogen) atoms. The third-order valence-corrected chi connectivity index (χ3v) is 3.14. The van der Waals surface area contributed by atoms with Crippen molar-refractivity contribution in [2.45, 2.75) is 32.9 Å². The Morgan fingerprint density at radius 1 is 1.33 bits per heavy atom. The Morgan fingerprint density at radius 3 is 2.50 bits per heavy atom. The van der Waals surface area contributed by atoms with E-state index in [1.165, 1.54) is 13.2 Å². The van der Waals surface area contributed by atoms with E-state index in [4.69, 9.17) is 4.74 Å². The lowest BCUT2D eigenvalue weighted by Crippen LogP contribution is -2.38. The SMILES string of the molecule is COc1cc(C(C)N[C@H](CO)C(C)C)ccc1F. The third kappa shape index (κ3) is 3.68. The smallest absolute Gasteiger partial charge is 0.165 e. The standard InChI is InChI=1S/C14H22FNO2/c1-9(2)13(8-17)16-10(3)11-5-6-12(15)14(7-11)18-4/h5-7,9-10,13,16-17H,8H2,1-4H3/t10?,13-/m1/s1. The third-order valence-electron chi connectivity index (χ3n) is 3.14. The van der Waals surface area contributed by atoms with Crippen molar-refractivity contribution in [3.63, 3.8) is 0 Å². The maximum absolute atomic E-state index is 13.3. The van der Waals surface area contributed by atoms with Crippen LogP contribution in [0.4, 0.5) is 4.39 Å². The van der Waals surface area contributed by atoms with Gasteiger partial charge in [-0.25, -0.2) is 4.39 Å². The van der Waals surface area contributed by atoms with Gasteiger partial charge in [0.15, 0.2) is 11.6 Å². The largest absolute Gasteiger partial charge is 0.494 e. The van der Waals surface area contributed by atoms with Crippen LogP contribution in [0.25, 0.3) is 0 Å². The van der Waals surface area contributed by atoms with Gasteiger partial charge in [-0.3, -0.25) is 0 Å². The second kappa shape index (κ2) is 6.71. The average Bonchev–Trinajstić information content (AvgIpc) is 2.35. The van der Waals surface area contributed by atoms with Gasteiger partial charge in [-0.15, -0.1) is 0 Å². The van der Waals surface area contributed by atoms with Crippen molar-refractivity contribution in [2.75, 3.05) is 13.7 Å². The van der Waals surface area contributed by atoms with Gasteiger partial charge in [0, 0.05) is 12.1 Å². The Hall–Kier alpha value is -1.13. The average molecular weight is 255 g/mol. The summed E-state index contributed by atoms with van der Waals surface area (Å²) in [6.07, 6.45) is 0. The van der Waals surface area contributed by atoms with Gasteiger partial charge in [0.2, 0.25) is 0 Å². The van der Waals surface area contributed by atoms with Crippen molar-refractivity contribution in [1.29, 1.82) is 0 Å². The number of methoxy groups -OCH3 is 1. The van der Waals surface area contributed by atoms with Crippen LogP contribution in [-0.2, 0) is 0 Å². The first-order valence-corrected chi connectivity index (χ1v) is 6.20. The number of hydrogen-bond acceptors (Lipinski definition) is 3. The molecule has 1 unspecified atom stereocenters. The van der Waals surface area contributed by atoms with Gasteiger partial charge in [-0.1, -0.05) is 19.9 Å². The molecule has 0 aromatic heterocycles. The highest BCUT2D eigenvalue weighted by Gasteiger charge is 2.16. The van der Waals surface area contributed by atoms with Crippen LogP contribution in [0.15, 0.2) is 18.2 Å². The molecular formula is C14H22FNO2. The summed E-state index contributed by atoms with van der Waals surface area (Å²) in [5.74, 6) is 0.210. The number of aliphatic hydroxyl groups is 1. The van der Waals surface area contributed by atoms with Gasteiger partial charge < -0.3 is 15.2 Å². The van der Waals surface area contributed by atoms with Crippen molar-refractivity contribution in [3.8, 4) is 5.75 Å². The Labute approximate surface area is 108 Å². The molecule has 0 aliphatic heterocycles. The normalized spacial score (nSPS) is 14.6. The van der Waals surface area contributed by atoms with Gasteiger partial charge in [0.1, 0.15) is 0 Å². The molecule has 102 valence electrons. The molecule has 1 aromatic carbocycles. The zero-order valence-corrected chi connectivity index (χ0v) is 11.4. The molecule has 0 bridgehead atoms. The molecule has 0 amide bonds. The van der Waals surface area contributed by atoms with Crippen LogP contribution < -0.4 is 10.1 Å². The number of aliphatic hydroxyl groups excluding tert-OH is 1. The predicted octanol–water partition coefficient (Wildman–Crippen LogP) is 2.50. The van der Waals surface area contributed by atoms with Crippen LogP contribution in [-0.4, -0.2) is 24.9 Å². The predicted molar refractivity (Wildman–Crippen MR) is 70.2 cm³/mol. The Kier molecular flexibility index (Phi) is 5.56. The first-order valence-electron chi connectivity index (χ1n) is 6.20. The molecule has 2 N–H and O–H groups in total. The summed E-state index contributed by atoms with van der Waals surface area (Å²) in [6.45, 7) is 6.16. The Balaban J connectivity index is 2.80. The van der Waals surface area contributed by atoms with E-state index < -0.39 is 0 Å². The number of benzene rings is 1. The lowest BCUT2D eigenvalue weighted by Gasteiger charge is -2.25. The van der Waals surface area contributed by atoms with Crippen LogP contribution >= 0.6 is 0 Å². The monoisotopic (exact) mass is 255 g/mol. The Morgan fingerprint density at radius 2 is 2.00 bits per heavy atom. The molecule has 0 saturated heterocycles. The minimum absolute atomic E-state index is 0.0241. The summed E-state index contributed by atoms with van der Waals surface area (Å²) in [4.78, 5) is 0. The second-order valence-corrected chi connectivity index (χ2v) is 4.82. The fraction of sp³-hybridized carbons (Fsp3) is 0.571. The fourth-order valence-corrected chi connectivity index (χ4v) is 1.82. The van der Waals surface area contributed by atoms with Crippen molar-refractivity contribution in [2.24, 2.45) is 5.92 Å². The van der Waals surface area contributed by atoms with Gasteiger partial charge in [0.05, 0.1) is 13.7 Å². The summed E-state index contributed by atoms with van der Waals surface area (Å²) in [5, 5.41) is 12.6. The van der Waals surface area contributed by atoms with E-state index in [1.54, 1.807) is 12.1 Å². The van der Waals surface area contributed by atoms with Crippen LogP contribution in [0.1, 0.15) is 32.4 Å². The van der Waals surface area contributed by atoms with Crippen molar-refractivity contribution in [3.05, 3.63) is 29.6 Å². The molecule has 0 radical (unpaired) electrons. The van der Waals surface area contributed by atoms with Gasteiger partial charge in [-0.05, 0) is 30.5 Å². The maximum atomic E-state index is 13.3. The number of nitrogens with one attached hydrogen (secondary N) is 1. The first-order chi connectivity index (χ1) is 8.49. The van der Waals surface area contributed by atoms with Crippen LogP contribution in [0.2, 0.25) is 0 Å². The quantitative estimate of drug-likeness (QED) is 0.820. The minimum atomic E-state index is -0.365. The zero-order chi connectivity index (χ0) is 13.7. The molecule has 1 rings (SSSR count). The van der Waals surface area contributed by atoms with E-state index in [0.717, 1.165) is 5.56 Å². The zero-order valence-electron chi connectivity index (χ0n) is 11.4. The van der Waals surface area contributed by atoms with Crippen molar-refractivity contribution in [1.82, 2.24) is 5.32 Å².